The Bertz CT molecular complexity index is 528. The number of fused-ring (bicyclic) bond motifs is 3. The molecule has 0 saturated carbocycles. The van der Waals surface area contributed by atoms with Crippen molar-refractivity contribution in [2.24, 2.45) is 7.05 Å². The highest BCUT2D eigenvalue weighted by atomic mass is 19.1. The van der Waals surface area contributed by atoms with Gasteiger partial charge in [-0.15, -0.1) is 0 Å². The van der Waals surface area contributed by atoms with Gasteiger partial charge in [0.15, 0.2) is 0 Å². The standard InChI is InChI=1S/C12H13FN2/c1-15-11-3-2-8(13)6-10(11)9-4-5-14-7-12(9)15/h2-3,6,14H,4-5,7H2,1H3. The normalized spacial score (nSPS) is 15.6. The zero-order valence-corrected chi connectivity index (χ0v) is 8.68. The molecule has 1 aromatic heterocycles. The molecule has 0 saturated heterocycles. The molecule has 2 nitrogen and oxygen atoms in total. The molecule has 1 N–H and O–H groups in total. The Kier molecular flexibility index (Phi) is 1.83. The van der Waals surface area contributed by atoms with E-state index in [0.29, 0.717) is 0 Å². The minimum atomic E-state index is -0.144. The van der Waals surface area contributed by atoms with E-state index in [-0.39, 0.29) is 5.82 Å². The maximum absolute atomic E-state index is 13.2. The predicted molar refractivity (Wildman–Crippen MR) is 58.3 cm³/mol. The SMILES string of the molecule is Cn1c2c(c3cc(F)ccc31)CCNC2. The fourth-order valence-corrected chi connectivity index (χ4v) is 2.47. The van der Waals surface area contributed by atoms with Crippen molar-refractivity contribution in [1.29, 1.82) is 0 Å². The average Bonchev–Trinajstić information content (AvgIpc) is 2.54. The molecule has 1 aliphatic heterocycles. The van der Waals surface area contributed by atoms with Gasteiger partial charge in [-0.1, -0.05) is 0 Å². The Morgan fingerprint density at radius 3 is 3.13 bits per heavy atom. The molecule has 0 bridgehead atoms. The third-order valence-electron chi connectivity index (χ3n) is 3.24. The Morgan fingerprint density at radius 2 is 2.27 bits per heavy atom. The van der Waals surface area contributed by atoms with Crippen LogP contribution >= 0.6 is 0 Å². The van der Waals surface area contributed by atoms with Crippen LogP contribution in [-0.2, 0) is 20.0 Å². The van der Waals surface area contributed by atoms with Crippen molar-refractivity contribution in [3.8, 4) is 0 Å². The second-order valence-corrected chi connectivity index (χ2v) is 4.07. The van der Waals surface area contributed by atoms with E-state index in [1.807, 2.05) is 13.1 Å². The molecular weight excluding hydrogens is 191 g/mol. The van der Waals surface area contributed by atoms with Crippen LogP contribution < -0.4 is 5.32 Å². The van der Waals surface area contributed by atoms with Crippen molar-refractivity contribution >= 4 is 10.9 Å². The van der Waals surface area contributed by atoms with Gasteiger partial charge >= 0.3 is 0 Å². The summed E-state index contributed by atoms with van der Waals surface area (Å²) >= 11 is 0. The van der Waals surface area contributed by atoms with E-state index in [2.05, 4.69) is 9.88 Å². The quantitative estimate of drug-likeness (QED) is 0.694. The second kappa shape index (κ2) is 3.07. The number of hydrogen-bond donors (Lipinski definition) is 1. The zero-order chi connectivity index (χ0) is 10.4. The maximum atomic E-state index is 13.2. The summed E-state index contributed by atoms with van der Waals surface area (Å²) in [7, 11) is 2.05. The van der Waals surface area contributed by atoms with Crippen molar-refractivity contribution in [2.75, 3.05) is 6.54 Å². The molecular formula is C12H13FN2. The highest BCUT2D eigenvalue weighted by Gasteiger charge is 2.17. The Labute approximate surface area is 87.7 Å². The van der Waals surface area contributed by atoms with Gasteiger partial charge in [-0.05, 0) is 36.7 Å². The summed E-state index contributed by atoms with van der Waals surface area (Å²) in [4.78, 5) is 0. The molecule has 78 valence electrons. The molecule has 0 atom stereocenters. The summed E-state index contributed by atoms with van der Waals surface area (Å²) in [5.41, 5.74) is 3.73. The van der Waals surface area contributed by atoms with E-state index in [1.165, 1.54) is 17.3 Å². The third-order valence-corrected chi connectivity index (χ3v) is 3.24. The fourth-order valence-electron chi connectivity index (χ4n) is 2.47. The summed E-state index contributed by atoms with van der Waals surface area (Å²) in [5.74, 6) is -0.144. The molecule has 15 heavy (non-hydrogen) atoms. The van der Waals surface area contributed by atoms with Gasteiger partial charge in [0.05, 0.1) is 0 Å². The van der Waals surface area contributed by atoms with Crippen molar-refractivity contribution in [2.45, 2.75) is 13.0 Å². The van der Waals surface area contributed by atoms with Gasteiger partial charge in [0.2, 0.25) is 0 Å². The number of nitrogens with zero attached hydrogens (tertiary/aromatic N) is 1. The van der Waals surface area contributed by atoms with Crippen molar-refractivity contribution in [1.82, 2.24) is 9.88 Å². The van der Waals surface area contributed by atoms with Crippen LogP contribution in [0.3, 0.4) is 0 Å². The Hall–Kier alpha value is -1.35. The molecule has 1 aliphatic rings. The lowest BCUT2D eigenvalue weighted by Crippen LogP contribution is -2.24. The van der Waals surface area contributed by atoms with Crippen LogP contribution in [0, 0.1) is 5.82 Å². The number of aryl methyl sites for hydroxylation is 1. The van der Waals surface area contributed by atoms with E-state index in [1.54, 1.807) is 6.07 Å². The number of hydrogen-bond acceptors (Lipinski definition) is 1. The number of benzene rings is 1. The van der Waals surface area contributed by atoms with E-state index in [4.69, 9.17) is 0 Å². The van der Waals surface area contributed by atoms with Gasteiger partial charge < -0.3 is 9.88 Å². The van der Waals surface area contributed by atoms with Crippen LogP contribution in [0.2, 0.25) is 0 Å². The molecule has 3 rings (SSSR count). The lowest BCUT2D eigenvalue weighted by atomic mass is 10.0. The van der Waals surface area contributed by atoms with E-state index >= 15 is 0 Å². The second-order valence-electron chi connectivity index (χ2n) is 4.07. The lowest BCUT2D eigenvalue weighted by Gasteiger charge is -2.14. The third kappa shape index (κ3) is 1.20. The van der Waals surface area contributed by atoms with Crippen LogP contribution in [0.5, 0.6) is 0 Å². The van der Waals surface area contributed by atoms with Gasteiger partial charge in [-0.25, -0.2) is 4.39 Å². The van der Waals surface area contributed by atoms with E-state index in [0.717, 1.165) is 30.4 Å². The summed E-state index contributed by atoms with van der Waals surface area (Å²) in [6.45, 7) is 1.88. The first kappa shape index (κ1) is 8.92. The number of rotatable bonds is 0. The van der Waals surface area contributed by atoms with Crippen molar-refractivity contribution in [3.63, 3.8) is 0 Å². The lowest BCUT2D eigenvalue weighted by molar-refractivity contribution is 0.614. The molecule has 0 unspecified atom stereocenters. The van der Waals surface area contributed by atoms with Crippen LogP contribution in [0.4, 0.5) is 4.39 Å². The monoisotopic (exact) mass is 204 g/mol. The predicted octanol–water partition coefficient (Wildman–Crippen LogP) is 1.96. The zero-order valence-electron chi connectivity index (χ0n) is 8.68. The van der Waals surface area contributed by atoms with Crippen molar-refractivity contribution in [3.05, 3.63) is 35.3 Å². The topological polar surface area (TPSA) is 17.0 Å². The summed E-state index contributed by atoms with van der Waals surface area (Å²) in [6, 6.07) is 5.05. The van der Waals surface area contributed by atoms with Gasteiger partial charge in [-0.2, -0.15) is 0 Å². The first-order chi connectivity index (χ1) is 7.27. The minimum Gasteiger partial charge on any atom is -0.346 e. The van der Waals surface area contributed by atoms with Gasteiger partial charge in [-0.3, -0.25) is 0 Å². The van der Waals surface area contributed by atoms with Crippen LogP contribution in [0.15, 0.2) is 18.2 Å². The number of halogens is 1. The largest absolute Gasteiger partial charge is 0.346 e. The first-order valence-corrected chi connectivity index (χ1v) is 5.24. The molecule has 2 heterocycles. The maximum Gasteiger partial charge on any atom is 0.123 e. The highest BCUT2D eigenvalue weighted by Crippen LogP contribution is 2.28. The molecule has 1 aromatic carbocycles. The summed E-state index contributed by atoms with van der Waals surface area (Å²) < 4.78 is 15.4. The van der Waals surface area contributed by atoms with E-state index in [9.17, 15) is 4.39 Å². The molecule has 0 spiro atoms. The smallest absolute Gasteiger partial charge is 0.123 e. The molecule has 0 fully saturated rings. The van der Waals surface area contributed by atoms with E-state index < -0.39 is 0 Å². The molecule has 0 radical (unpaired) electrons. The number of aromatic nitrogens is 1. The van der Waals surface area contributed by atoms with Crippen LogP contribution in [-0.4, -0.2) is 11.1 Å². The van der Waals surface area contributed by atoms with Crippen molar-refractivity contribution < 1.29 is 4.39 Å². The molecule has 3 heteroatoms. The molecule has 0 amide bonds. The number of nitrogens with one attached hydrogen (secondary N) is 1. The van der Waals surface area contributed by atoms with Gasteiger partial charge in [0.1, 0.15) is 5.82 Å². The minimum absolute atomic E-state index is 0.144. The summed E-state index contributed by atoms with van der Waals surface area (Å²) in [5, 5.41) is 4.42. The molecule has 0 aliphatic carbocycles. The highest BCUT2D eigenvalue weighted by molar-refractivity contribution is 5.85. The first-order valence-electron chi connectivity index (χ1n) is 5.24. The van der Waals surface area contributed by atoms with Gasteiger partial charge in [0, 0.05) is 30.2 Å². The van der Waals surface area contributed by atoms with Crippen LogP contribution in [0.25, 0.3) is 10.9 Å². The van der Waals surface area contributed by atoms with Crippen LogP contribution in [0.1, 0.15) is 11.3 Å². The van der Waals surface area contributed by atoms with Gasteiger partial charge in [0.25, 0.3) is 0 Å². The molecule has 2 aromatic rings. The average molecular weight is 204 g/mol. The Balaban J connectivity index is 2.39. The summed E-state index contributed by atoms with van der Waals surface area (Å²) in [6.07, 6.45) is 0.996. The Morgan fingerprint density at radius 1 is 1.40 bits per heavy atom. The fraction of sp³-hybridized carbons (Fsp3) is 0.333.